The fourth-order valence-corrected chi connectivity index (χ4v) is 4.21. The van der Waals surface area contributed by atoms with Crippen molar-refractivity contribution in [3.63, 3.8) is 0 Å². The van der Waals surface area contributed by atoms with Crippen LogP contribution in [0.5, 0.6) is 0 Å². The first-order valence-corrected chi connectivity index (χ1v) is 8.92. The number of unbranched alkanes of at least 4 members (excludes halogenated alkanes) is 1. The molecule has 0 aromatic carbocycles. The standard InChI is InChI=1S/C15H26N2O6S/c1-4-5-8-23-14(21)17-11(13(20)22-3)9-24-15(17,6-7-18)12(19)10(2)16/h10-11,18H,4-9,16H2,1-3H3/t10-,11?,15?/m0/s1. The third kappa shape index (κ3) is 4.20. The summed E-state index contributed by atoms with van der Waals surface area (Å²) in [6, 6.07) is -1.81. The monoisotopic (exact) mass is 362 g/mol. The molecule has 1 heterocycles. The second kappa shape index (κ2) is 9.24. The third-order valence-electron chi connectivity index (χ3n) is 3.82. The van der Waals surface area contributed by atoms with E-state index >= 15 is 0 Å². The summed E-state index contributed by atoms with van der Waals surface area (Å²) >= 11 is 1.11. The molecule has 1 fully saturated rings. The average molecular weight is 362 g/mol. The van der Waals surface area contributed by atoms with E-state index < -0.39 is 34.8 Å². The minimum atomic E-state index is -1.43. The summed E-state index contributed by atoms with van der Waals surface area (Å²) in [6.45, 7) is 3.31. The largest absolute Gasteiger partial charge is 0.467 e. The summed E-state index contributed by atoms with van der Waals surface area (Å²) in [5, 5.41) is 9.42. The highest BCUT2D eigenvalue weighted by Gasteiger charge is 2.57. The van der Waals surface area contributed by atoms with Gasteiger partial charge in [0.15, 0.2) is 10.7 Å². The second-order valence-corrected chi connectivity index (χ2v) is 6.90. The molecule has 0 aromatic heterocycles. The van der Waals surface area contributed by atoms with Crippen molar-refractivity contribution in [1.82, 2.24) is 4.90 Å². The second-order valence-electron chi connectivity index (χ2n) is 5.60. The highest BCUT2D eigenvalue weighted by molar-refractivity contribution is 8.01. The van der Waals surface area contributed by atoms with Crippen molar-refractivity contribution in [3.8, 4) is 0 Å². The molecule has 1 aliphatic rings. The number of nitrogens with two attached hydrogens (primary N) is 1. The summed E-state index contributed by atoms with van der Waals surface area (Å²) in [5.74, 6) is -0.888. The molecule has 0 bridgehead atoms. The van der Waals surface area contributed by atoms with E-state index in [1.54, 1.807) is 0 Å². The number of ketones is 1. The van der Waals surface area contributed by atoms with Crippen LogP contribution in [0.1, 0.15) is 33.1 Å². The molecule has 2 unspecified atom stereocenters. The molecule has 24 heavy (non-hydrogen) atoms. The molecule has 138 valence electrons. The summed E-state index contributed by atoms with van der Waals surface area (Å²) < 4.78 is 9.96. The number of nitrogens with zero attached hydrogens (tertiary/aromatic N) is 1. The van der Waals surface area contributed by atoms with Gasteiger partial charge in [-0.2, -0.15) is 0 Å². The fourth-order valence-electron chi connectivity index (χ4n) is 2.58. The average Bonchev–Trinajstić information content (AvgIpc) is 2.94. The van der Waals surface area contributed by atoms with Crippen molar-refractivity contribution in [2.45, 2.75) is 50.1 Å². The van der Waals surface area contributed by atoms with Crippen LogP contribution in [0, 0.1) is 0 Å². The first-order valence-electron chi connectivity index (χ1n) is 7.94. The number of ether oxygens (including phenoxy) is 2. The van der Waals surface area contributed by atoms with Crippen molar-refractivity contribution >= 4 is 29.6 Å². The van der Waals surface area contributed by atoms with Crippen LogP contribution in [0.25, 0.3) is 0 Å². The molecule has 1 aliphatic heterocycles. The Kier molecular flexibility index (Phi) is 7.98. The topological polar surface area (TPSA) is 119 Å². The number of hydrogen-bond acceptors (Lipinski definition) is 8. The molecule has 3 N–H and O–H groups in total. The van der Waals surface area contributed by atoms with E-state index in [2.05, 4.69) is 0 Å². The van der Waals surface area contributed by atoms with E-state index in [4.69, 9.17) is 15.2 Å². The van der Waals surface area contributed by atoms with Gasteiger partial charge in [-0.25, -0.2) is 9.59 Å². The molecule has 1 saturated heterocycles. The molecule has 1 rings (SSSR count). The van der Waals surface area contributed by atoms with Crippen molar-refractivity contribution in [2.24, 2.45) is 5.73 Å². The van der Waals surface area contributed by atoms with Gasteiger partial charge >= 0.3 is 12.1 Å². The molecular weight excluding hydrogens is 336 g/mol. The van der Waals surface area contributed by atoms with Gasteiger partial charge in [0.1, 0.15) is 6.04 Å². The van der Waals surface area contributed by atoms with Crippen LogP contribution >= 0.6 is 11.8 Å². The highest BCUT2D eigenvalue weighted by atomic mass is 32.2. The number of hydrogen-bond donors (Lipinski definition) is 2. The molecular formula is C15H26N2O6S. The van der Waals surface area contributed by atoms with Crippen molar-refractivity contribution in [1.29, 1.82) is 0 Å². The lowest BCUT2D eigenvalue weighted by Crippen LogP contribution is -2.60. The van der Waals surface area contributed by atoms with E-state index in [-0.39, 0.29) is 25.4 Å². The van der Waals surface area contributed by atoms with Crippen LogP contribution in [0.2, 0.25) is 0 Å². The van der Waals surface area contributed by atoms with Gasteiger partial charge in [0.25, 0.3) is 0 Å². The number of aliphatic hydroxyl groups is 1. The Labute approximate surface area is 146 Å². The van der Waals surface area contributed by atoms with Crippen LogP contribution in [0.3, 0.4) is 0 Å². The number of thioether (sulfide) groups is 1. The number of rotatable bonds is 8. The Bertz CT molecular complexity index is 473. The van der Waals surface area contributed by atoms with Crippen LogP contribution in [-0.2, 0) is 19.1 Å². The van der Waals surface area contributed by atoms with Crippen LogP contribution in [0.15, 0.2) is 0 Å². The lowest BCUT2D eigenvalue weighted by molar-refractivity contribution is -0.147. The molecule has 0 saturated carbocycles. The summed E-state index contributed by atoms with van der Waals surface area (Å²) in [4.78, 5) is 37.0. The highest BCUT2D eigenvalue weighted by Crippen LogP contribution is 2.44. The summed E-state index contributed by atoms with van der Waals surface area (Å²) in [7, 11) is 1.22. The van der Waals surface area contributed by atoms with Gasteiger partial charge in [-0.1, -0.05) is 13.3 Å². The maximum Gasteiger partial charge on any atom is 0.412 e. The van der Waals surface area contributed by atoms with E-state index in [1.807, 2.05) is 6.92 Å². The Morgan fingerprint density at radius 2 is 2.12 bits per heavy atom. The zero-order valence-corrected chi connectivity index (χ0v) is 15.1. The lowest BCUT2D eigenvalue weighted by atomic mass is 10.0. The molecule has 0 aliphatic carbocycles. The van der Waals surface area contributed by atoms with Gasteiger partial charge in [0, 0.05) is 18.8 Å². The van der Waals surface area contributed by atoms with E-state index in [0.717, 1.165) is 23.1 Å². The predicted octanol–water partition coefficient (Wildman–Crippen LogP) is 0.509. The maximum absolute atomic E-state index is 12.7. The number of carbonyl (C=O) groups excluding carboxylic acids is 3. The first-order chi connectivity index (χ1) is 11.4. The number of aliphatic hydroxyl groups excluding tert-OH is 1. The molecule has 3 atom stereocenters. The predicted molar refractivity (Wildman–Crippen MR) is 89.4 cm³/mol. The van der Waals surface area contributed by atoms with Crippen molar-refractivity contribution < 1.29 is 29.0 Å². The molecule has 0 radical (unpaired) electrons. The molecule has 0 spiro atoms. The molecule has 1 amide bonds. The van der Waals surface area contributed by atoms with Gasteiger partial charge in [-0.05, 0) is 13.3 Å². The third-order valence-corrected chi connectivity index (χ3v) is 5.39. The van der Waals surface area contributed by atoms with Gasteiger partial charge in [0.2, 0.25) is 0 Å². The zero-order valence-electron chi connectivity index (χ0n) is 14.3. The van der Waals surface area contributed by atoms with Gasteiger partial charge < -0.3 is 20.3 Å². The first kappa shape index (κ1) is 20.7. The van der Waals surface area contributed by atoms with Crippen LogP contribution in [-0.4, -0.2) is 70.9 Å². The minimum absolute atomic E-state index is 0.0333. The quantitative estimate of drug-likeness (QED) is 0.473. The van der Waals surface area contributed by atoms with Crippen molar-refractivity contribution in [2.75, 3.05) is 26.1 Å². The minimum Gasteiger partial charge on any atom is -0.467 e. The van der Waals surface area contributed by atoms with E-state index in [9.17, 15) is 19.5 Å². The molecule has 0 aromatic rings. The van der Waals surface area contributed by atoms with Crippen LogP contribution < -0.4 is 5.73 Å². The number of carbonyl (C=O) groups is 3. The lowest BCUT2D eigenvalue weighted by Gasteiger charge is -2.37. The molecule has 9 heteroatoms. The smallest absolute Gasteiger partial charge is 0.412 e. The Morgan fingerprint density at radius 1 is 1.46 bits per heavy atom. The maximum atomic E-state index is 12.7. The van der Waals surface area contributed by atoms with E-state index in [0.29, 0.717) is 6.42 Å². The number of amides is 1. The molecule has 8 nitrogen and oxygen atoms in total. The van der Waals surface area contributed by atoms with Gasteiger partial charge in [0.05, 0.1) is 19.8 Å². The number of Topliss-reactive ketones (excluding diaryl/α,β-unsaturated/α-hetero) is 1. The van der Waals surface area contributed by atoms with Crippen LogP contribution in [0.4, 0.5) is 4.79 Å². The van der Waals surface area contributed by atoms with Gasteiger partial charge in [-0.3, -0.25) is 9.69 Å². The summed E-state index contributed by atoms with van der Waals surface area (Å²) in [6.07, 6.45) is 0.702. The fraction of sp³-hybridized carbons (Fsp3) is 0.800. The SMILES string of the molecule is CCCCOC(=O)N1C(C(=O)OC)CSC1(CCO)C(=O)[C@H](C)N. The Balaban J connectivity index is 3.20. The zero-order chi connectivity index (χ0) is 18.3. The van der Waals surface area contributed by atoms with E-state index in [1.165, 1.54) is 14.0 Å². The normalized spacial score (nSPS) is 24.5. The van der Waals surface area contributed by atoms with Crippen molar-refractivity contribution in [3.05, 3.63) is 0 Å². The Morgan fingerprint density at radius 3 is 2.62 bits per heavy atom. The summed E-state index contributed by atoms with van der Waals surface area (Å²) in [5.41, 5.74) is 5.73. The Hall–Kier alpha value is -1.32. The van der Waals surface area contributed by atoms with Gasteiger partial charge in [-0.15, -0.1) is 11.8 Å². The number of esters is 1. The number of methoxy groups -OCH3 is 1.